The molecule has 1 saturated heterocycles. The van der Waals surface area contributed by atoms with Crippen LogP contribution in [0.4, 0.5) is 0 Å². The summed E-state index contributed by atoms with van der Waals surface area (Å²) in [5.74, 6) is -0.371. The Morgan fingerprint density at radius 3 is 2.67 bits per heavy atom. The third-order valence-corrected chi connectivity index (χ3v) is 9.28. The maximum absolute atomic E-state index is 13.2. The van der Waals surface area contributed by atoms with Crippen LogP contribution in [0.15, 0.2) is 47.0 Å². The summed E-state index contributed by atoms with van der Waals surface area (Å²) in [5.41, 5.74) is 20.0. The quantitative estimate of drug-likeness (QED) is 0.281. The number of likely N-dealkylation sites (tertiary alicyclic amines) is 1. The number of amidine groups is 1. The van der Waals surface area contributed by atoms with Crippen molar-refractivity contribution in [1.82, 2.24) is 10.2 Å². The second-order valence-electron chi connectivity index (χ2n) is 11.6. The van der Waals surface area contributed by atoms with Crippen molar-refractivity contribution in [1.29, 1.82) is 5.26 Å². The first kappa shape index (κ1) is 27.6. The number of carbonyl (C=O) groups excluding carboxylic acids is 3. The minimum atomic E-state index is -0.794. The van der Waals surface area contributed by atoms with Gasteiger partial charge in [0.05, 0.1) is 18.0 Å². The van der Waals surface area contributed by atoms with Crippen LogP contribution >= 0.6 is 0 Å². The van der Waals surface area contributed by atoms with Gasteiger partial charge in [-0.05, 0) is 74.1 Å². The van der Waals surface area contributed by atoms with Gasteiger partial charge >= 0.3 is 0 Å². The number of benzene rings is 1. The Labute approximate surface area is 234 Å². The van der Waals surface area contributed by atoms with E-state index < -0.39 is 17.2 Å². The van der Waals surface area contributed by atoms with Gasteiger partial charge in [-0.25, -0.2) is 0 Å². The minimum Gasteiger partial charge on any atom is -0.387 e. The molecule has 0 spiro atoms. The Kier molecular flexibility index (Phi) is 7.27. The van der Waals surface area contributed by atoms with E-state index in [0.29, 0.717) is 42.2 Å². The van der Waals surface area contributed by atoms with Gasteiger partial charge < -0.3 is 27.4 Å². The largest absolute Gasteiger partial charge is 0.387 e. The topological polar surface area (TPSA) is 181 Å². The first-order chi connectivity index (χ1) is 19.1. The third kappa shape index (κ3) is 4.68. The summed E-state index contributed by atoms with van der Waals surface area (Å²) >= 11 is 0. The normalized spacial score (nSPS) is 31.1. The van der Waals surface area contributed by atoms with Gasteiger partial charge in [0.2, 0.25) is 17.7 Å². The van der Waals surface area contributed by atoms with E-state index in [0.717, 1.165) is 24.0 Å². The molecule has 1 heterocycles. The molecular formula is C30H37N7O3. The summed E-state index contributed by atoms with van der Waals surface area (Å²) in [7, 11) is 1.66. The zero-order chi connectivity index (χ0) is 28.8. The molecule has 7 atom stereocenters. The summed E-state index contributed by atoms with van der Waals surface area (Å²) in [6.07, 6.45) is 9.30. The minimum absolute atomic E-state index is 0.0566. The highest BCUT2D eigenvalue weighted by Crippen LogP contribution is 2.50. The molecule has 0 aromatic heterocycles. The predicted octanol–water partition coefficient (Wildman–Crippen LogP) is 1.05. The standard InChI is InChI=1S/C30H37N7O3/c1-16(36-15-26(38)37-22(14-31)11-21-12-25(21)37)13-30(29(34)35-2)23-7-5-19(27(32)39)9-17(23)3-4-18-10-20(28(33)40)6-8-24(18)30/h5-10,16-17,21-23,25,36H,3-4,11-13,15H2,1-2H3,(H2,32,39)(H2,33,40)(H2,34,35)/t16-,17?,21+,22?,23?,25-,30?/m0/s1. The lowest BCUT2D eigenvalue weighted by atomic mass is 9.60. The van der Waals surface area contributed by atoms with Crippen LogP contribution in [0.3, 0.4) is 0 Å². The van der Waals surface area contributed by atoms with E-state index in [1.54, 1.807) is 24.1 Å². The van der Waals surface area contributed by atoms with E-state index in [1.807, 2.05) is 31.2 Å². The summed E-state index contributed by atoms with van der Waals surface area (Å²) in [6, 6.07) is 7.42. The molecule has 4 unspecified atom stereocenters. The Balaban J connectivity index is 1.49. The molecule has 1 saturated carbocycles. The molecule has 1 aliphatic heterocycles. The summed E-state index contributed by atoms with van der Waals surface area (Å²) in [6.45, 7) is 2.13. The molecule has 1 aromatic carbocycles. The van der Waals surface area contributed by atoms with Crippen molar-refractivity contribution in [2.75, 3.05) is 13.6 Å². The maximum atomic E-state index is 13.2. The second kappa shape index (κ2) is 10.5. The molecule has 210 valence electrons. The summed E-state index contributed by atoms with van der Waals surface area (Å²) in [5, 5.41) is 12.9. The van der Waals surface area contributed by atoms with E-state index in [4.69, 9.17) is 17.2 Å². The van der Waals surface area contributed by atoms with Gasteiger partial charge in [0.1, 0.15) is 11.9 Å². The molecule has 3 aliphatic carbocycles. The van der Waals surface area contributed by atoms with E-state index in [-0.39, 0.29) is 42.4 Å². The van der Waals surface area contributed by atoms with Gasteiger partial charge in [0, 0.05) is 36.2 Å². The number of piperidine rings is 1. The monoisotopic (exact) mass is 543 g/mol. The molecule has 7 N–H and O–H groups in total. The van der Waals surface area contributed by atoms with Crippen LogP contribution in [0.2, 0.25) is 0 Å². The van der Waals surface area contributed by atoms with Crippen molar-refractivity contribution in [3.8, 4) is 6.07 Å². The van der Waals surface area contributed by atoms with E-state index in [9.17, 15) is 19.6 Å². The van der Waals surface area contributed by atoms with Crippen LogP contribution in [0, 0.1) is 29.1 Å². The van der Waals surface area contributed by atoms with Crippen LogP contribution in [-0.4, -0.2) is 60.2 Å². The molecule has 4 aliphatic rings. The lowest BCUT2D eigenvalue weighted by molar-refractivity contribution is -0.131. The number of carbonyl (C=O) groups is 3. The molecule has 0 radical (unpaired) electrons. The van der Waals surface area contributed by atoms with Crippen LogP contribution in [0.1, 0.15) is 54.1 Å². The number of nitrogens with zero attached hydrogens (tertiary/aromatic N) is 3. The van der Waals surface area contributed by atoms with Crippen molar-refractivity contribution in [2.24, 2.45) is 39.9 Å². The number of aryl methyl sites for hydroxylation is 1. The number of allylic oxidation sites excluding steroid dienone is 2. The Morgan fingerprint density at radius 1 is 1.23 bits per heavy atom. The first-order valence-electron chi connectivity index (χ1n) is 13.9. The summed E-state index contributed by atoms with van der Waals surface area (Å²) < 4.78 is 0. The summed E-state index contributed by atoms with van der Waals surface area (Å²) in [4.78, 5) is 43.5. The maximum Gasteiger partial charge on any atom is 0.248 e. The molecule has 40 heavy (non-hydrogen) atoms. The fraction of sp³-hybridized carbons (Fsp3) is 0.500. The SMILES string of the molecule is CN=C(N)C1(C[C@H](C)NCC(=O)N2C(C#N)C[C@@H]3C[C@@H]32)c2ccc(C(N)=O)cc2CCC2C=C(C(N)=O)C=CC21. The van der Waals surface area contributed by atoms with E-state index in [2.05, 4.69) is 16.4 Å². The van der Waals surface area contributed by atoms with Gasteiger partial charge in [-0.2, -0.15) is 5.26 Å². The number of aliphatic imine (C=N–C) groups is 1. The van der Waals surface area contributed by atoms with Gasteiger partial charge in [-0.1, -0.05) is 24.3 Å². The lowest BCUT2D eigenvalue weighted by Crippen LogP contribution is -2.53. The van der Waals surface area contributed by atoms with Crippen LogP contribution < -0.4 is 22.5 Å². The number of nitrogens with two attached hydrogens (primary N) is 3. The number of nitriles is 1. The van der Waals surface area contributed by atoms with Gasteiger partial charge in [0.25, 0.3) is 0 Å². The van der Waals surface area contributed by atoms with Gasteiger partial charge in [-0.3, -0.25) is 19.4 Å². The Morgan fingerprint density at radius 2 is 2.00 bits per heavy atom. The smallest absolute Gasteiger partial charge is 0.248 e. The molecule has 1 aromatic rings. The average Bonchev–Trinajstić information content (AvgIpc) is 3.64. The highest BCUT2D eigenvalue weighted by Gasteiger charge is 2.54. The van der Waals surface area contributed by atoms with Gasteiger partial charge in [-0.15, -0.1) is 0 Å². The predicted molar refractivity (Wildman–Crippen MR) is 151 cm³/mol. The number of primary amides is 2. The molecule has 5 rings (SSSR count). The Hall–Kier alpha value is -3.97. The van der Waals surface area contributed by atoms with Crippen molar-refractivity contribution < 1.29 is 14.4 Å². The number of nitrogens with one attached hydrogen (secondary N) is 1. The third-order valence-electron chi connectivity index (χ3n) is 9.28. The fourth-order valence-electron chi connectivity index (χ4n) is 7.29. The van der Waals surface area contributed by atoms with E-state index >= 15 is 0 Å². The highest BCUT2D eigenvalue weighted by atomic mass is 16.2. The fourth-order valence-corrected chi connectivity index (χ4v) is 7.29. The second-order valence-corrected chi connectivity index (χ2v) is 11.6. The van der Waals surface area contributed by atoms with Crippen molar-refractivity contribution in [3.63, 3.8) is 0 Å². The van der Waals surface area contributed by atoms with Crippen molar-refractivity contribution >= 4 is 23.6 Å². The molecule has 10 nitrogen and oxygen atoms in total. The molecular weight excluding hydrogens is 506 g/mol. The first-order valence-corrected chi connectivity index (χ1v) is 13.9. The lowest BCUT2D eigenvalue weighted by Gasteiger charge is -2.44. The number of hydrogen-bond donors (Lipinski definition) is 4. The molecule has 10 heteroatoms. The zero-order valence-corrected chi connectivity index (χ0v) is 23.0. The zero-order valence-electron chi connectivity index (χ0n) is 23.0. The number of amides is 3. The molecule has 0 bridgehead atoms. The number of hydrogen-bond acceptors (Lipinski definition) is 6. The van der Waals surface area contributed by atoms with Crippen LogP contribution in [0.5, 0.6) is 0 Å². The Bertz CT molecular complexity index is 1380. The number of rotatable bonds is 8. The van der Waals surface area contributed by atoms with Crippen molar-refractivity contribution in [2.45, 2.75) is 62.6 Å². The number of fused-ring (bicyclic) bond motifs is 3. The molecule has 2 fully saturated rings. The highest BCUT2D eigenvalue weighted by molar-refractivity contribution is 5.97. The van der Waals surface area contributed by atoms with Crippen molar-refractivity contribution in [3.05, 3.63) is 58.7 Å². The van der Waals surface area contributed by atoms with Crippen LogP contribution in [0.25, 0.3) is 0 Å². The average molecular weight is 544 g/mol. The molecule has 3 amide bonds. The van der Waals surface area contributed by atoms with Gasteiger partial charge in [0.15, 0.2) is 0 Å². The van der Waals surface area contributed by atoms with Crippen LogP contribution in [-0.2, 0) is 21.4 Å². The van der Waals surface area contributed by atoms with E-state index in [1.165, 1.54) is 0 Å².